The van der Waals surface area contributed by atoms with Crippen LogP contribution in [0.1, 0.15) is 11.4 Å². The molecule has 7 heteroatoms. The van der Waals surface area contributed by atoms with Crippen molar-refractivity contribution in [1.82, 2.24) is 19.6 Å². The van der Waals surface area contributed by atoms with Gasteiger partial charge in [-0.15, -0.1) is 0 Å². The second-order valence-electron chi connectivity index (χ2n) is 4.38. The Kier molecular flexibility index (Phi) is 3.06. The summed E-state index contributed by atoms with van der Waals surface area (Å²) in [5.74, 6) is 1.62. The van der Waals surface area contributed by atoms with Crippen molar-refractivity contribution in [1.29, 1.82) is 0 Å². The maximum atomic E-state index is 11.5. The van der Waals surface area contributed by atoms with E-state index in [4.69, 9.17) is 4.74 Å². The number of rotatable bonds is 2. The highest BCUT2D eigenvalue weighted by Gasteiger charge is 2.09. The van der Waals surface area contributed by atoms with Gasteiger partial charge in [-0.1, -0.05) is 22.0 Å². The predicted octanol–water partition coefficient (Wildman–Crippen LogP) is 2.59. The van der Waals surface area contributed by atoms with Crippen LogP contribution in [0.5, 0.6) is 11.6 Å². The van der Waals surface area contributed by atoms with Gasteiger partial charge in [-0.3, -0.25) is 0 Å². The highest BCUT2D eigenvalue weighted by atomic mass is 79.9. The molecule has 0 saturated carbocycles. The van der Waals surface area contributed by atoms with Gasteiger partial charge in [-0.05, 0) is 31.5 Å². The number of hydrogen-bond acceptors (Lipinski definition) is 4. The minimum Gasteiger partial charge on any atom is -0.439 e. The predicted molar refractivity (Wildman–Crippen MR) is 77.3 cm³/mol. The van der Waals surface area contributed by atoms with Crippen molar-refractivity contribution in [2.75, 3.05) is 0 Å². The molecule has 0 aliphatic heterocycles. The number of H-pyrrole nitrogens is 1. The van der Waals surface area contributed by atoms with E-state index in [0.717, 1.165) is 10.0 Å². The number of aromatic amines is 1. The van der Waals surface area contributed by atoms with Crippen LogP contribution in [0.4, 0.5) is 0 Å². The van der Waals surface area contributed by atoms with E-state index in [2.05, 4.69) is 31.1 Å². The molecule has 0 saturated heterocycles. The third-order valence-electron chi connectivity index (χ3n) is 2.91. The first-order valence-electron chi connectivity index (χ1n) is 5.93. The van der Waals surface area contributed by atoms with Crippen molar-refractivity contribution in [2.45, 2.75) is 13.8 Å². The Morgan fingerprint density at radius 1 is 1.30 bits per heavy atom. The number of nitrogens with zero attached hydrogens (tertiary/aromatic N) is 3. The standard InChI is InChI=1S/C13H11BrN4O2/c1-7-3-4-9(14)5-10(7)20-12-6-11-16-17-13(19)18(11)8(2)15-12/h3-6H,1-2H3,(H,17,19). The molecule has 20 heavy (non-hydrogen) atoms. The first-order chi connectivity index (χ1) is 9.54. The van der Waals surface area contributed by atoms with Crippen LogP contribution in [-0.2, 0) is 0 Å². The van der Waals surface area contributed by atoms with Crippen LogP contribution < -0.4 is 10.4 Å². The summed E-state index contributed by atoms with van der Waals surface area (Å²) in [7, 11) is 0. The van der Waals surface area contributed by atoms with Gasteiger partial charge in [-0.2, -0.15) is 10.1 Å². The van der Waals surface area contributed by atoms with Gasteiger partial charge < -0.3 is 4.74 Å². The molecule has 0 unspecified atom stereocenters. The third kappa shape index (κ3) is 2.20. The van der Waals surface area contributed by atoms with Crippen LogP contribution in [0.15, 0.2) is 33.5 Å². The SMILES string of the molecule is Cc1ccc(Br)cc1Oc1cc2n[nH]c(=O)n2c(C)n1. The van der Waals surface area contributed by atoms with E-state index >= 15 is 0 Å². The summed E-state index contributed by atoms with van der Waals surface area (Å²) in [4.78, 5) is 15.8. The molecule has 1 N–H and O–H groups in total. The summed E-state index contributed by atoms with van der Waals surface area (Å²) in [5.41, 5.74) is 1.16. The van der Waals surface area contributed by atoms with Crippen molar-refractivity contribution in [3.05, 3.63) is 50.6 Å². The lowest BCUT2D eigenvalue weighted by Gasteiger charge is -2.09. The van der Waals surface area contributed by atoms with Crippen molar-refractivity contribution in [3.63, 3.8) is 0 Å². The molecule has 2 aromatic heterocycles. The molecule has 0 radical (unpaired) electrons. The molecule has 0 spiro atoms. The van der Waals surface area contributed by atoms with Crippen LogP contribution in [0.2, 0.25) is 0 Å². The molecule has 0 atom stereocenters. The lowest BCUT2D eigenvalue weighted by atomic mass is 10.2. The Hall–Kier alpha value is -2.15. The van der Waals surface area contributed by atoms with Gasteiger partial charge >= 0.3 is 5.69 Å². The quantitative estimate of drug-likeness (QED) is 0.781. The maximum Gasteiger partial charge on any atom is 0.349 e. The van der Waals surface area contributed by atoms with E-state index in [9.17, 15) is 4.79 Å². The van der Waals surface area contributed by atoms with Crippen LogP contribution in [-0.4, -0.2) is 19.6 Å². The average molecular weight is 335 g/mol. The topological polar surface area (TPSA) is 72.3 Å². The van der Waals surface area contributed by atoms with Crippen molar-refractivity contribution >= 4 is 21.6 Å². The summed E-state index contributed by atoms with van der Waals surface area (Å²) in [6.45, 7) is 3.68. The number of fused-ring (bicyclic) bond motifs is 1. The molecule has 6 nitrogen and oxygen atoms in total. The van der Waals surface area contributed by atoms with E-state index in [1.807, 2.05) is 25.1 Å². The van der Waals surface area contributed by atoms with E-state index in [1.165, 1.54) is 4.40 Å². The summed E-state index contributed by atoms with van der Waals surface area (Å²) < 4.78 is 8.09. The second-order valence-corrected chi connectivity index (χ2v) is 5.29. The Balaban J connectivity index is 2.07. The smallest absolute Gasteiger partial charge is 0.349 e. The molecule has 0 aliphatic carbocycles. The third-order valence-corrected chi connectivity index (χ3v) is 3.40. The van der Waals surface area contributed by atoms with Crippen LogP contribution in [0, 0.1) is 13.8 Å². The maximum absolute atomic E-state index is 11.5. The molecule has 102 valence electrons. The highest BCUT2D eigenvalue weighted by Crippen LogP contribution is 2.27. The van der Waals surface area contributed by atoms with Gasteiger partial charge in [0.25, 0.3) is 0 Å². The number of benzene rings is 1. The zero-order chi connectivity index (χ0) is 14.3. The molecule has 3 rings (SSSR count). The first kappa shape index (κ1) is 12.9. The molecule has 0 aliphatic rings. The van der Waals surface area contributed by atoms with Gasteiger partial charge in [0.05, 0.1) is 0 Å². The molecule has 1 aromatic carbocycles. The Labute approximate surface area is 122 Å². The van der Waals surface area contributed by atoms with Gasteiger partial charge in [0, 0.05) is 10.5 Å². The molecule has 3 aromatic rings. The number of aromatic nitrogens is 4. The van der Waals surface area contributed by atoms with Crippen LogP contribution in [0.25, 0.3) is 5.65 Å². The van der Waals surface area contributed by atoms with E-state index < -0.39 is 0 Å². The number of nitrogens with one attached hydrogen (secondary N) is 1. The Morgan fingerprint density at radius 2 is 2.10 bits per heavy atom. The summed E-state index contributed by atoms with van der Waals surface area (Å²) >= 11 is 3.40. The normalized spacial score (nSPS) is 10.9. The number of aryl methyl sites for hydroxylation is 2. The van der Waals surface area contributed by atoms with Gasteiger partial charge in [0.1, 0.15) is 11.6 Å². The number of halogens is 1. The molecular weight excluding hydrogens is 324 g/mol. The fourth-order valence-electron chi connectivity index (χ4n) is 1.92. The minimum atomic E-state index is -0.310. The Morgan fingerprint density at radius 3 is 2.90 bits per heavy atom. The van der Waals surface area contributed by atoms with E-state index in [0.29, 0.717) is 23.1 Å². The monoisotopic (exact) mass is 334 g/mol. The van der Waals surface area contributed by atoms with Crippen LogP contribution >= 0.6 is 15.9 Å². The fraction of sp³-hybridized carbons (Fsp3) is 0.154. The first-order valence-corrected chi connectivity index (χ1v) is 6.72. The molecule has 0 bridgehead atoms. The zero-order valence-corrected chi connectivity index (χ0v) is 12.4. The van der Waals surface area contributed by atoms with Crippen LogP contribution in [0.3, 0.4) is 0 Å². The fourth-order valence-corrected chi connectivity index (χ4v) is 2.26. The largest absolute Gasteiger partial charge is 0.439 e. The second kappa shape index (κ2) is 4.75. The lowest BCUT2D eigenvalue weighted by Crippen LogP contribution is -2.13. The van der Waals surface area contributed by atoms with Gasteiger partial charge in [-0.25, -0.2) is 14.3 Å². The zero-order valence-electron chi connectivity index (χ0n) is 10.8. The highest BCUT2D eigenvalue weighted by molar-refractivity contribution is 9.10. The van der Waals surface area contributed by atoms with E-state index in [1.54, 1.807) is 13.0 Å². The number of hydrogen-bond donors (Lipinski definition) is 1. The molecular formula is C13H11BrN4O2. The number of ether oxygens (including phenoxy) is 1. The summed E-state index contributed by atoms with van der Waals surface area (Å²) in [6, 6.07) is 7.37. The molecule has 2 heterocycles. The van der Waals surface area contributed by atoms with Crippen molar-refractivity contribution in [2.24, 2.45) is 0 Å². The van der Waals surface area contributed by atoms with Gasteiger partial charge in [0.2, 0.25) is 5.88 Å². The Bertz CT molecular complexity index is 853. The van der Waals surface area contributed by atoms with Crippen molar-refractivity contribution in [3.8, 4) is 11.6 Å². The average Bonchev–Trinajstić information content (AvgIpc) is 2.76. The summed E-state index contributed by atoms with van der Waals surface area (Å²) in [6.07, 6.45) is 0. The van der Waals surface area contributed by atoms with Gasteiger partial charge in [0.15, 0.2) is 5.65 Å². The van der Waals surface area contributed by atoms with Crippen molar-refractivity contribution < 1.29 is 4.74 Å². The molecule has 0 amide bonds. The lowest BCUT2D eigenvalue weighted by molar-refractivity contribution is 0.456. The van der Waals surface area contributed by atoms with E-state index in [-0.39, 0.29) is 5.69 Å². The minimum absolute atomic E-state index is 0.310. The summed E-state index contributed by atoms with van der Waals surface area (Å²) in [5, 5.41) is 6.30. The molecule has 0 fully saturated rings.